The Morgan fingerprint density at radius 2 is 0.772 bits per heavy atom. The summed E-state index contributed by atoms with van der Waals surface area (Å²) >= 11 is 1.53. The molecule has 450 valence electrons. The minimum absolute atomic E-state index is 0.797. The Labute approximate surface area is 545 Å². The van der Waals surface area contributed by atoms with Gasteiger partial charge in [0.25, 0.3) is 0 Å². The molecule has 15 aromatic rings. The largest absolute Gasteiger partial charge is 0.298 e. The van der Waals surface area contributed by atoms with E-state index in [-0.39, 0.29) is 0 Å². The van der Waals surface area contributed by atoms with Gasteiger partial charge in [-0.15, -0.1) is 11.3 Å². The number of hydrogen-bond donors (Lipinski definition) is 0. The molecule has 0 N–H and O–H groups in total. The first kappa shape index (κ1) is 62.9. The standard InChI is InChI=1S/C14H10O.C14H12.C14H10.C13H10O.2C11H10.C9H6OS.C2H6/c15-9-11-5-3-7-13-12-6-2-1-4-10(12)8-14(11)13;1-10-6-7-14-12(8-10)9-11-4-2-3-5-13(11)14;1-2-6-12-10-14-8-4-3-7-13(14)9-11(12)5-1;14-8-11-7-6-10-5-4-9-2-1-3-12(11)13(9)10;1-9-5-4-7-10-6-2-3-8-11(9)10;1-9-6-7-10-4-2-3-5-11(10)8-9;10-6-8-5-7-3-1-2-4-9(7)11-8;1-2/h1-7,9H,8H2;2-8H,9H2,1H3;1-10H;1-3,6-8H,4-5H2;2*2-8H,1H3;1-6H;1-2H3. The SMILES string of the molecule is CC.Cc1ccc2c(c1)Cc1ccccc1-2.Cc1ccc2ccccc2c1.Cc1cccc2ccccc12.O=Cc1cc2ccccc2s1.O=Cc1ccc2c3c(cccc13)CC2.O=Cc1cccc2c1Cc1ccccc1-2.c1ccc2cc3ccccc3cc2c1. The highest BCUT2D eigenvalue weighted by Gasteiger charge is 2.20. The van der Waals surface area contributed by atoms with Crippen LogP contribution in [0.3, 0.4) is 0 Å². The van der Waals surface area contributed by atoms with Crippen molar-refractivity contribution >= 4 is 94.1 Å². The average Bonchev–Trinajstić information content (AvgIpc) is 1.64. The summed E-state index contributed by atoms with van der Waals surface area (Å²) < 4.78 is 1.18. The van der Waals surface area contributed by atoms with Crippen LogP contribution in [0, 0.1) is 20.8 Å². The number of benzene rings is 14. The molecule has 3 nitrogen and oxygen atoms in total. The van der Waals surface area contributed by atoms with Crippen LogP contribution in [0.4, 0.5) is 0 Å². The molecule has 0 fully saturated rings. The van der Waals surface area contributed by atoms with Crippen LogP contribution < -0.4 is 0 Å². The van der Waals surface area contributed by atoms with Gasteiger partial charge in [-0.25, -0.2) is 0 Å². The maximum atomic E-state index is 10.9. The van der Waals surface area contributed by atoms with Crippen molar-refractivity contribution in [3.05, 3.63) is 357 Å². The first-order valence-corrected chi connectivity index (χ1v) is 32.6. The van der Waals surface area contributed by atoms with Crippen LogP contribution >= 0.6 is 11.3 Å². The van der Waals surface area contributed by atoms with Crippen molar-refractivity contribution in [1.29, 1.82) is 0 Å². The van der Waals surface area contributed by atoms with E-state index >= 15 is 0 Å². The number of carbonyl (C=O) groups excluding carboxylic acids is 3. The Hall–Kier alpha value is -10.7. The molecular formula is C88H74O3S. The van der Waals surface area contributed by atoms with Crippen molar-refractivity contribution in [2.75, 3.05) is 0 Å². The van der Waals surface area contributed by atoms with Gasteiger partial charge in [0, 0.05) is 15.8 Å². The molecule has 1 aromatic heterocycles. The lowest BCUT2D eigenvalue weighted by molar-refractivity contribution is 0.111. The summed E-state index contributed by atoms with van der Waals surface area (Å²) in [7, 11) is 0. The fraction of sp³-hybridized carbons (Fsp3) is 0.102. The summed E-state index contributed by atoms with van der Waals surface area (Å²) in [6.07, 6.45) is 7.02. The molecule has 0 saturated carbocycles. The number of fused-ring (bicyclic) bond motifs is 11. The molecule has 0 atom stereocenters. The minimum Gasteiger partial charge on any atom is -0.298 e. The number of aldehydes is 3. The van der Waals surface area contributed by atoms with E-state index in [1.807, 2.05) is 86.6 Å². The van der Waals surface area contributed by atoms with Crippen LogP contribution in [-0.2, 0) is 25.7 Å². The molecular weight excluding hydrogens is 1140 g/mol. The van der Waals surface area contributed by atoms with E-state index in [9.17, 15) is 14.4 Å². The highest BCUT2D eigenvalue weighted by molar-refractivity contribution is 7.20. The molecule has 0 saturated heterocycles. The quantitative estimate of drug-likeness (QED) is 0.131. The first-order valence-electron chi connectivity index (χ1n) is 31.7. The molecule has 0 aliphatic heterocycles. The van der Waals surface area contributed by atoms with Gasteiger partial charge in [0.1, 0.15) is 6.29 Å². The zero-order chi connectivity index (χ0) is 63.8. The molecule has 0 amide bonds. The summed E-state index contributed by atoms with van der Waals surface area (Å²) in [5.74, 6) is 0. The molecule has 3 aliphatic carbocycles. The average molecular weight is 1210 g/mol. The number of thiophene rings is 1. The molecule has 0 unspecified atom stereocenters. The molecule has 0 radical (unpaired) electrons. The lowest BCUT2D eigenvalue weighted by Crippen LogP contribution is -1.89. The van der Waals surface area contributed by atoms with Gasteiger partial charge in [-0.1, -0.05) is 292 Å². The third-order valence-corrected chi connectivity index (χ3v) is 18.1. The monoisotopic (exact) mass is 1210 g/mol. The Bertz CT molecular complexity index is 4930. The van der Waals surface area contributed by atoms with Gasteiger partial charge in [-0.05, 0) is 191 Å². The van der Waals surface area contributed by atoms with E-state index in [0.29, 0.717) is 0 Å². The van der Waals surface area contributed by atoms with E-state index in [1.54, 1.807) is 0 Å². The van der Waals surface area contributed by atoms with Crippen molar-refractivity contribution in [2.45, 2.75) is 60.3 Å². The number of carbonyl (C=O) groups is 3. The third kappa shape index (κ3) is 14.6. The number of rotatable bonds is 3. The topological polar surface area (TPSA) is 51.2 Å². The Kier molecular flexibility index (Phi) is 20.7. The molecule has 4 heteroatoms. The van der Waals surface area contributed by atoms with Crippen molar-refractivity contribution in [3.63, 3.8) is 0 Å². The Balaban J connectivity index is 0.000000110. The van der Waals surface area contributed by atoms with Gasteiger partial charge < -0.3 is 0 Å². The second kappa shape index (κ2) is 30.2. The molecule has 14 aromatic carbocycles. The van der Waals surface area contributed by atoms with Crippen molar-refractivity contribution < 1.29 is 14.4 Å². The van der Waals surface area contributed by atoms with E-state index in [1.165, 1.54) is 137 Å². The zero-order valence-electron chi connectivity index (χ0n) is 52.9. The van der Waals surface area contributed by atoms with E-state index in [0.717, 1.165) is 71.3 Å². The summed E-state index contributed by atoms with van der Waals surface area (Å²) in [5, 5.41) is 14.2. The minimum atomic E-state index is 0.797. The highest BCUT2D eigenvalue weighted by atomic mass is 32.1. The normalized spacial score (nSPS) is 11.3. The van der Waals surface area contributed by atoms with Gasteiger partial charge in [-0.3, -0.25) is 14.4 Å². The van der Waals surface area contributed by atoms with Gasteiger partial charge in [0.05, 0.1) is 4.88 Å². The maximum Gasteiger partial charge on any atom is 0.160 e. The van der Waals surface area contributed by atoms with E-state index < -0.39 is 0 Å². The smallest absolute Gasteiger partial charge is 0.160 e. The Morgan fingerprint density at radius 1 is 0.304 bits per heavy atom. The third-order valence-electron chi connectivity index (χ3n) is 17.1. The maximum absolute atomic E-state index is 10.9. The van der Waals surface area contributed by atoms with Gasteiger partial charge in [0.15, 0.2) is 12.6 Å². The first-order chi connectivity index (χ1) is 45.2. The molecule has 92 heavy (non-hydrogen) atoms. The predicted octanol–water partition coefficient (Wildman–Crippen LogP) is 23.4. The molecule has 18 rings (SSSR count). The predicted molar refractivity (Wildman–Crippen MR) is 394 cm³/mol. The molecule has 0 spiro atoms. The summed E-state index contributed by atoms with van der Waals surface area (Å²) in [5.41, 5.74) is 19.2. The van der Waals surface area contributed by atoms with Crippen LogP contribution in [-0.4, -0.2) is 18.9 Å². The molecule has 1 heterocycles. The van der Waals surface area contributed by atoms with E-state index in [4.69, 9.17) is 0 Å². The summed E-state index contributed by atoms with van der Waals surface area (Å²) in [6, 6.07) is 101. The highest BCUT2D eigenvalue weighted by Crippen LogP contribution is 2.39. The van der Waals surface area contributed by atoms with Crippen LogP contribution in [0.2, 0.25) is 0 Å². The summed E-state index contributed by atoms with van der Waals surface area (Å²) in [4.78, 5) is 33.0. The van der Waals surface area contributed by atoms with Crippen LogP contribution in [0.1, 0.15) is 94.3 Å². The van der Waals surface area contributed by atoms with Crippen LogP contribution in [0.25, 0.3) is 86.2 Å². The van der Waals surface area contributed by atoms with Crippen LogP contribution in [0.15, 0.2) is 291 Å². The fourth-order valence-electron chi connectivity index (χ4n) is 12.6. The zero-order valence-corrected chi connectivity index (χ0v) is 53.7. The number of aryl methyl sites for hydroxylation is 5. The molecule has 3 aliphatic rings. The van der Waals surface area contributed by atoms with Gasteiger partial charge in [-0.2, -0.15) is 0 Å². The van der Waals surface area contributed by atoms with E-state index in [2.05, 4.69) is 239 Å². The number of hydrogen-bond acceptors (Lipinski definition) is 4. The second-order valence-corrected chi connectivity index (χ2v) is 24.2. The fourth-order valence-corrected chi connectivity index (χ4v) is 13.5. The molecule has 0 bridgehead atoms. The van der Waals surface area contributed by atoms with Crippen molar-refractivity contribution in [3.8, 4) is 22.3 Å². The van der Waals surface area contributed by atoms with Crippen molar-refractivity contribution in [1.82, 2.24) is 0 Å². The lowest BCUT2D eigenvalue weighted by atomic mass is 10.0. The van der Waals surface area contributed by atoms with Gasteiger partial charge >= 0.3 is 0 Å². The second-order valence-electron chi connectivity index (χ2n) is 23.1. The Morgan fingerprint density at radius 3 is 1.41 bits per heavy atom. The van der Waals surface area contributed by atoms with Crippen LogP contribution in [0.5, 0.6) is 0 Å². The van der Waals surface area contributed by atoms with Crippen molar-refractivity contribution in [2.24, 2.45) is 0 Å². The van der Waals surface area contributed by atoms with Gasteiger partial charge in [0.2, 0.25) is 0 Å². The summed E-state index contributed by atoms with van der Waals surface area (Å²) in [6.45, 7) is 10.4. The lowest BCUT2D eigenvalue weighted by Gasteiger charge is -2.03.